The van der Waals surface area contributed by atoms with Crippen molar-refractivity contribution < 1.29 is 17.9 Å². The third kappa shape index (κ3) is 4.93. The first kappa shape index (κ1) is 21.3. The summed E-state index contributed by atoms with van der Waals surface area (Å²) in [5, 5.41) is 0. The Labute approximate surface area is 168 Å². The van der Waals surface area contributed by atoms with E-state index in [0.717, 1.165) is 18.5 Å². The van der Waals surface area contributed by atoms with Crippen LogP contribution in [0.3, 0.4) is 0 Å². The van der Waals surface area contributed by atoms with Crippen LogP contribution in [0.5, 0.6) is 0 Å². The van der Waals surface area contributed by atoms with Gasteiger partial charge in [0.05, 0.1) is 4.90 Å². The molecule has 0 aliphatic carbocycles. The fraction of sp³-hybridized carbons (Fsp3) is 0.667. The Balaban J connectivity index is 1.75. The van der Waals surface area contributed by atoms with Crippen molar-refractivity contribution in [3.63, 3.8) is 0 Å². The summed E-state index contributed by atoms with van der Waals surface area (Å²) in [7, 11) is -3.58. The van der Waals surface area contributed by atoms with Crippen molar-refractivity contribution >= 4 is 15.9 Å². The molecule has 0 radical (unpaired) electrons. The molecule has 0 bridgehead atoms. The summed E-state index contributed by atoms with van der Waals surface area (Å²) >= 11 is 0. The molecule has 3 rings (SSSR count). The number of amides is 1. The van der Waals surface area contributed by atoms with Crippen LogP contribution in [0.2, 0.25) is 0 Å². The standard InChI is InChI=1S/C21H32N2O4S/c1-17(2)18-6-8-20(9-7-18)28(25,26)23(19-10-15-27-16-11-19)14-4-13-22-12-3-5-21(22)24/h6-9,17,19H,3-5,10-16H2,1-2H3. The smallest absolute Gasteiger partial charge is 0.243 e. The molecule has 2 fully saturated rings. The Morgan fingerprint density at radius 3 is 2.43 bits per heavy atom. The van der Waals surface area contributed by atoms with Gasteiger partial charge in [-0.2, -0.15) is 4.31 Å². The van der Waals surface area contributed by atoms with E-state index in [9.17, 15) is 13.2 Å². The van der Waals surface area contributed by atoms with E-state index in [4.69, 9.17) is 4.74 Å². The molecule has 2 aliphatic heterocycles. The minimum absolute atomic E-state index is 0.0437. The summed E-state index contributed by atoms with van der Waals surface area (Å²) in [4.78, 5) is 14.0. The molecule has 28 heavy (non-hydrogen) atoms. The highest BCUT2D eigenvalue weighted by molar-refractivity contribution is 7.89. The van der Waals surface area contributed by atoms with Crippen molar-refractivity contribution in [2.45, 2.75) is 62.8 Å². The van der Waals surface area contributed by atoms with E-state index in [-0.39, 0.29) is 11.9 Å². The topological polar surface area (TPSA) is 66.9 Å². The summed E-state index contributed by atoms with van der Waals surface area (Å²) in [6.45, 7) is 7.22. The third-order valence-corrected chi connectivity index (χ3v) is 7.70. The van der Waals surface area contributed by atoms with Crippen LogP contribution < -0.4 is 0 Å². The Hall–Kier alpha value is -1.44. The molecule has 0 aromatic heterocycles. The van der Waals surface area contributed by atoms with Crippen molar-refractivity contribution in [1.82, 2.24) is 9.21 Å². The first-order valence-electron chi connectivity index (χ1n) is 10.4. The van der Waals surface area contributed by atoms with Crippen molar-refractivity contribution in [2.24, 2.45) is 0 Å². The zero-order valence-electron chi connectivity index (χ0n) is 17.0. The van der Waals surface area contributed by atoms with Gasteiger partial charge in [0.25, 0.3) is 0 Å². The lowest BCUT2D eigenvalue weighted by atomic mass is 10.0. The van der Waals surface area contributed by atoms with Gasteiger partial charge < -0.3 is 9.64 Å². The molecule has 0 N–H and O–H groups in total. The number of nitrogens with zero attached hydrogens (tertiary/aromatic N) is 2. The average Bonchev–Trinajstić information content (AvgIpc) is 3.10. The molecule has 0 atom stereocenters. The lowest BCUT2D eigenvalue weighted by Crippen LogP contribution is -2.44. The highest BCUT2D eigenvalue weighted by Crippen LogP contribution is 2.26. The minimum Gasteiger partial charge on any atom is -0.381 e. The largest absolute Gasteiger partial charge is 0.381 e. The van der Waals surface area contributed by atoms with Crippen molar-refractivity contribution in [1.29, 1.82) is 0 Å². The summed E-state index contributed by atoms with van der Waals surface area (Å²) in [6, 6.07) is 7.21. The average molecular weight is 409 g/mol. The highest BCUT2D eigenvalue weighted by Gasteiger charge is 2.32. The number of ether oxygens (including phenoxy) is 1. The number of likely N-dealkylation sites (tertiary alicyclic amines) is 1. The molecular weight excluding hydrogens is 376 g/mol. The van der Waals surface area contributed by atoms with Gasteiger partial charge in [0.1, 0.15) is 0 Å². The molecule has 1 amide bonds. The van der Waals surface area contributed by atoms with Gasteiger partial charge in [-0.3, -0.25) is 4.79 Å². The molecule has 7 heteroatoms. The van der Waals surface area contributed by atoms with Crippen LogP contribution in [-0.4, -0.2) is 62.4 Å². The summed E-state index contributed by atoms with van der Waals surface area (Å²) < 4.78 is 33.9. The predicted octanol–water partition coefficient (Wildman–Crippen LogP) is 2.99. The molecule has 0 unspecified atom stereocenters. The van der Waals surface area contributed by atoms with Crippen LogP contribution in [0.25, 0.3) is 0 Å². The number of rotatable bonds is 8. The van der Waals surface area contributed by atoms with Gasteiger partial charge in [-0.25, -0.2) is 8.42 Å². The van der Waals surface area contributed by atoms with Crippen LogP contribution in [0.15, 0.2) is 29.2 Å². The number of carbonyl (C=O) groups excluding carboxylic acids is 1. The maximum Gasteiger partial charge on any atom is 0.243 e. The van der Waals surface area contributed by atoms with Crippen LogP contribution in [0, 0.1) is 0 Å². The van der Waals surface area contributed by atoms with Crippen LogP contribution in [0.1, 0.15) is 57.4 Å². The normalized spacial score (nSPS) is 19.1. The Bertz CT molecular complexity index is 755. The highest BCUT2D eigenvalue weighted by atomic mass is 32.2. The Morgan fingerprint density at radius 1 is 1.18 bits per heavy atom. The summed E-state index contributed by atoms with van der Waals surface area (Å²) in [5.74, 6) is 0.547. The number of benzene rings is 1. The van der Waals surface area contributed by atoms with Crippen molar-refractivity contribution in [2.75, 3.05) is 32.8 Å². The molecule has 0 saturated carbocycles. The van der Waals surface area contributed by atoms with Gasteiger partial charge in [0.15, 0.2) is 0 Å². The van der Waals surface area contributed by atoms with E-state index < -0.39 is 10.0 Å². The first-order valence-corrected chi connectivity index (χ1v) is 11.8. The van der Waals surface area contributed by atoms with Gasteiger partial charge in [0.2, 0.25) is 15.9 Å². The Kier molecular flexibility index (Phi) is 7.12. The van der Waals surface area contributed by atoms with Crippen molar-refractivity contribution in [3.05, 3.63) is 29.8 Å². The number of hydrogen-bond donors (Lipinski definition) is 0. The third-order valence-electron chi connectivity index (χ3n) is 5.73. The maximum absolute atomic E-state index is 13.4. The molecule has 2 heterocycles. The second-order valence-corrected chi connectivity index (χ2v) is 9.91. The second-order valence-electron chi connectivity index (χ2n) is 8.02. The van der Waals surface area contributed by atoms with Gasteiger partial charge >= 0.3 is 0 Å². The van der Waals surface area contributed by atoms with E-state index in [1.165, 1.54) is 0 Å². The zero-order chi connectivity index (χ0) is 20.1. The molecule has 156 valence electrons. The molecular formula is C21H32N2O4S. The molecule has 6 nitrogen and oxygen atoms in total. The Morgan fingerprint density at radius 2 is 1.86 bits per heavy atom. The summed E-state index contributed by atoms with van der Waals surface area (Å²) in [5.41, 5.74) is 1.13. The molecule has 1 aromatic carbocycles. The van der Waals surface area contributed by atoms with E-state index in [1.807, 2.05) is 17.0 Å². The number of carbonyl (C=O) groups is 1. The lowest BCUT2D eigenvalue weighted by molar-refractivity contribution is -0.127. The second kappa shape index (κ2) is 9.37. The summed E-state index contributed by atoms with van der Waals surface area (Å²) in [6.07, 6.45) is 3.61. The predicted molar refractivity (Wildman–Crippen MR) is 109 cm³/mol. The molecule has 2 saturated heterocycles. The van der Waals surface area contributed by atoms with E-state index in [2.05, 4.69) is 13.8 Å². The fourth-order valence-electron chi connectivity index (χ4n) is 3.99. The van der Waals surface area contributed by atoms with Gasteiger partial charge in [-0.1, -0.05) is 26.0 Å². The number of sulfonamides is 1. The van der Waals surface area contributed by atoms with Gasteiger partial charge in [-0.15, -0.1) is 0 Å². The van der Waals surface area contributed by atoms with E-state index in [1.54, 1.807) is 16.4 Å². The van der Waals surface area contributed by atoms with Crippen LogP contribution >= 0.6 is 0 Å². The van der Waals surface area contributed by atoms with Crippen molar-refractivity contribution in [3.8, 4) is 0 Å². The maximum atomic E-state index is 13.4. The number of hydrogen-bond acceptors (Lipinski definition) is 4. The van der Waals surface area contributed by atoms with E-state index in [0.29, 0.717) is 62.8 Å². The van der Waals surface area contributed by atoms with Gasteiger partial charge in [-0.05, 0) is 49.3 Å². The molecule has 0 spiro atoms. The molecule has 2 aliphatic rings. The van der Waals surface area contributed by atoms with Crippen LogP contribution in [0.4, 0.5) is 0 Å². The van der Waals surface area contributed by atoms with Gasteiger partial charge in [0, 0.05) is 45.3 Å². The quantitative estimate of drug-likeness (QED) is 0.663. The SMILES string of the molecule is CC(C)c1ccc(S(=O)(=O)N(CCCN2CCCC2=O)C2CCOCC2)cc1. The first-order chi connectivity index (χ1) is 13.4. The lowest BCUT2D eigenvalue weighted by Gasteiger charge is -2.34. The van der Waals surface area contributed by atoms with E-state index >= 15 is 0 Å². The van der Waals surface area contributed by atoms with Crippen LogP contribution in [-0.2, 0) is 19.6 Å². The minimum atomic E-state index is -3.58. The fourth-order valence-corrected chi connectivity index (χ4v) is 5.71. The zero-order valence-corrected chi connectivity index (χ0v) is 17.8. The molecule has 1 aromatic rings. The monoisotopic (exact) mass is 408 g/mol.